The molecule has 0 saturated heterocycles. The van der Waals surface area contributed by atoms with Crippen molar-refractivity contribution in [3.8, 4) is 0 Å². The van der Waals surface area contributed by atoms with Crippen LogP contribution < -0.4 is 11.1 Å². The molecule has 4 nitrogen and oxygen atoms in total. The van der Waals surface area contributed by atoms with Gasteiger partial charge in [-0.25, -0.2) is 4.98 Å². The van der Waals surface area contributed by atoms with Gasteiger partial charge in [0.25, 0.3) is 0 Å². The monoisotopic (exact) mass is 229 g/mol. The average molecular weight is 229 g/mol. The van der Waals surface area contributed by atoms with Crippen LogP contribution in [0.25, 0.3) is 0 Å². The van der Waals surface area contributed by atoms with E-state index in [1.165, 1.54) is 0 Å². The van der Waals surface area contributed by atoms with E-state index in [-0.39, 0.29) is 0 Å². The van der Waals surface area contributed by atoms with E-state index in [1.54, 1.807) is 11.3 Å². The summed E-state index contributed by atoms with van der Waals surface area (Å²) in [6, 6.07) is 0. The first-order valence-corrected chi connectivity index (χ1v) is 6.10. The lowest BCUT2D eigenvalue weighted by atomic mass is 10.4. The molecule has 0 aromatic carbocycles. The van der Waals surface area contributed by atoms with Gasteiger partial charge in [-0.15, -0.1) is 11.3 Å². The molecular formula is C10H19N3OS. The van der Waals surface area contributed by atoms with Crippen molar-refractivity contribution >= 4 is 16.5 Å². The van der Waals surface area contributed by atoms with E-state index in [0.29, 0.717) is 12.6 Å². The second-order valence-electron chi connectivity index (χ2n) is 3.55. The smallest absolute Gasteiger partial charge is 0.182 e. The Labute approximate surface area is 94.8 Å². The molecule has 0 fully saturated rings. The number of rotatable bonds is 7. The number of aromatic nitrogens is 1. The number of nitrogens with two attached hydrogens (primary N) is 1. The molecule has 0 atom stereocenters. The Morgan fingerprint density at radius 3 is 3.00 bits per heavy atom. The first-order chi connectivity index (χ1) is 7.22. The van der Waals surface area contributed by atoms with Gasteiger partial charge in [0.2, 0.25) is 0 Å². The Morgan fingerprint density at radius 2 is 2.40 bits per heavy atom. The fourth-order valence-corrected chi connectivity index (χ4v) is 1.82. The van der Waals surface area contributed by atoms with Crippen LogP contribution in [0.1, 0.15) is 26.0 Å². The van der Waals surface area contributed by atoms with Gasteiger partial charge in [0, 0.05) is 25.1 Å². The quantitative estimate of drug-likeness (QED) is 0.700. The maximum atomic E-state index is 5.47. The Kier molecular flexibility index (Phi) is 5.60. The van der Waals surface area contributed by atoms with Crippen LogP contribution in [0, 0.1) is 0 Å². The molecule has 0 amide bonds. The fraction of sp³-hybridized carbons (Fsp3) is 0.700. The van der Waals surface area contributed by atoms with Gasteiger partial charge in [-0.3, -0.25) is 0 Å². The molecule has 3 N–H and O–H groups in total. The zero-order chi connectivity index (χ0) is 11.1. The first-order valence-electron chi connectivity index (χ1n) is 5.22. The predicted molar refractivity (Wildman–Crippen MR) is 64.2 cm³/mol. The first kappa shape index (κ1) is 12.4. The molecule has 0 aliphatic heterocycles. The van der Waals surface area contributed by atoms with E-state index in [1.807, 2.05) is 19.2 Å². The minimum atomic E-state index is 0.314. The summed E-state index contributed by atoms with van der Waals surface area (Å²) in [6.45, 7) is 6.28. The number of hydrogen-bond donors (Lipinski definition) is 2. The molecule has 0 spiro atoms. The molecule has 86 valence electrons. The van der Waals surface area contributed by atoms with Crippen LogP contribution in [0.4, 0.5) is 5.13 Å². The van der Waals surface area contributed by atoms with Gasteiger partial charge in [0.15, 0.2) is 5.13 Å². The van der Waals surface area contributed by atoms with Crippen molar-refractivity contribution in [1.29, 1.82) is 0 Å². The van der Waals surface area contributed by atoms with E-state index in [0.717, 1.165) is 30.4 Å². The van der Waals surface area contributed by atoms with Crippen LogP contribution in [0.15, 0.2) is 5.38 Å². The predicted octanol–water partition coefficient (Wildman–Crippen LogP) is 1.83. The molecule has 0 aliphatic rings. The zero-order valence-electron chi connectivity index (χ0n) is 9.32. The van der Waals surface area contributed by atoms with Crippen LogP contribution in [0.3, 0.4) is 0 Å². The van der Waals surface area contributed by atoms with Gasteiger partial charge < -0.3 is 15.8 Å². The van der Waals surface area contributed by atoms with Crippen molar-refractivity contribution in [3.63, 3.8) is 0 Å². The number of thiazole rings is 1. The molecule has 0 saturated carbocycles. The lowest BCUT2D eigenvalue weighted by Crippen LogP contribution is -2.09. The standard InChI is InChI=1S/C10H19N3OS/c1-8(2)14-5-3-4-12-10-13-9(6-11)7-15-10/h7-8H,3-6,11H2,1-2H3,(H,12,13). The van der Waals surface area contributed by atoms with E-state index >= 15 is 0 Å². The van der Waals surface area contributed by atoms with E-state index in [2.05, 4.69) is 10.3 Å². The molecular weight excluding hydrogens is 210 g/mol. The maximum absolute atomic E-state index is 5.47. The molecule has 5 heteroatoms. The van der Waals surface area contributed by atoms with Crippen molar-refractivity contribution in [2.45, 2.75) is 32.9 Å². The maximum Gasteiger partial charge on any atom is 0.182 e. The molecule has 1 rings (SSSR count). The van der Waals surface area contributed by atoms with Gasteiger partial charge in [-0.1, -0.05) is 0 Å². The molecule has 0 radical (unpaired) electrons. The van der Waals surface area contributed by atoms with Crippen molar-refractivity contribution in [2.75, 3.05) is 18.5 Å². The van der Waals surface area contributed by atoms with Gasteiger partial charge in [-0.05, 0) is 20.3 Å². The normalized spacial score (nSPS) is 10.9. The minimum absolute atomic E-state index is 0.314. The highest BCUT2D eigenvalue weighted by Gasteiger charge is 1.99. The Hall–Kier alpha value is -0.650. The van der Waals surface area contributed by atoms with Crippen LogP contribution in [0.2, 0.25) is 0 Å². The van der Waals surface area contributed by atoms with Crippen molar-refractivity contribution in [3.05, 3.63) is 11.1 Å². The highest BCUT2D eigenvalue weighted by molar-refractivity contribution is 7.13. The Bertz CT molecular complexity index is 275. The summed E-state index contributed by atoms with van der Waals surface area (Å²) >= 11 is 1.60. The van der Waals surface area contributed by atoms with E-state index < -0.39 is 0 Å². The van der Waals surface area contributed by atoms with Crippen molar-refractivity contribution < 1.29 is 4.74 Å². The summed E-state index contributed by atoms with van der Waals surface area (Å²) in [5, 5.41) is 6.17. The summed E-state index contributed by atoms with van der Waals surface area (Å²) in [5.74, 6) is 0. The Balaban J connectivity index is 2.09. The van der Waals surface area contributed by atoms with Gasteiger partial charge >= 0.3 is 0 Å². The minimum Gasteiger partial charge on any atom is -0.379 e. The van der Waals surface area contributed by atoms with Crippen molar-refractivity contribution in [2.24, 2.45) is 5.73 Å². The number of hydrogen-bond acceptors (Lipinski definition) is 5. The topological polar surface area (TPSA) is 60.2 Å². The highest BCUT2D eigenvalue weighted by atomic mass is 32.1. The van der Waals surface area contributed by atoms with Crippen LogP contribution in [-0.2, 0) is 11.3 Å². The second-order valence-corrected chi connectivity index (χ2v) is 4.41. The molecule has 15 heavy (non-hydrogen) atoms. The molecule has 1 heterocycles. The van der Waals surface area contributed by atoms with Crippen molar-refractivity contribution in [1.82, 2.24) is 4.98 Å². The summed E-state index contributed by atoms with van der Waals surface area (Å²) in [6.07, 6.45) is 1.31. The molecule has 0 unspecified atom stereocenters. The molecule has 1 aromatic rings. The lowest BCUT2D eigenvalue weighted by molar-refractivity contribution is 0.0787. The summed E-state index contributed by atoms with van der Waals surface area (Å²) in [5.41, 5.74) is 6.41. The largest absolute Gasteiger partial charge is 0.379 e. The van der Waals surface area contributed by atoms with Gasteiger partial charge in [0.05, 0.1) is 11.8 Å². The van der Waals surface area contributed by atoms with Gasteiger partial charge in [0.1, 0.15) is 0 Å². The SMILES string of the molecule is CC(C)OCCCNc1nc(CN)cs1. The third kappa shape index (κ3) is 5.11. The average Bonchev–Trinajstić information content (AvgIpc) is 2.65. The van der Waals surface area contributed by atoms with Crippen LogP contribution >= 0.6 is 11.3 Å². The number of nitrogens with zero attached hydrogens (tertiary/aromatic N) is 1. The lowest BCUT2D eigenvalue weighted by Gasteiger charge is -2.07. The number of anilines is 1. The van der Waals surface area contributed by atoms with E-state index in [9.17, 15) is 0 Å². The molecule has 0 aliphatic carbocycles. The third-order valence-electron chi connectivity index (χ3n) is 1.81. The number of ether oxygens (including phenoxy) is 1. The Morgan fingerprint density at radius 1 is 1.60 bits per heavy atom. The summed E-state index contributed by atoms with van der Waals surface area (Å²) in [4.78, 5) is 4.30. The number of nitrogens with one attached hydrogen (secondary N) is 1. The highest BCUT2D eigenvalue weighted by Crippen LogP contribution is 2.14. The molecule has 1 aromatic heterocycles. The molecule has 0 bridgehead atoms. The zero-order valence-corrected chi connectivity index (χ0v) is 10.1. The second kappa shape index (κ2) is 6.76. The fourth-order valence-electron chi connectivity index (χ4n) is 1.07. The summed E-state index contributed by atoms with van der Waals surface area (Å²) in [7, 11) is 0. The van der Waals surface area contributed by atoms with Crippen LogP contribution in [-0.4, -0.2) is 24.2 Å². The van der Waals surface area contributed by atoms with Crippen LogP contribution in [0.5, 0.6) is 0 Å². The third-order valence-corrected chi connectivity index (χ3v) is 2.66. The summed E-state index contributed by atoms with van der Waals surface area (Å²) < 4.78 is 5.43. The van der Waals surface area contributed by atoms with E-state index in [4.69, 9.17) is 10.5 Å². The van der Waals surface area contributed by atoms with Gasteiger partial charge in [-0.2, -0.15) is 0 Å².